The molecule has 0 bridgehead atoms. The van der Waals surface area contributed by atoms with Crippen molar-refractivity contribution in [2.24, 2.45) is 11.3 Å². The molecule has 2 atom stereocenters. The second kappa shape index (κ2) is 8.40. The van der Waals surface area contributed by atoms with E-state index in [1.807, 2.05) is 20.8 Å². The SMILES string of the molecule is Cc1cc(C)c(NC(=O)CNC(=O)[C@@]23CCCC[C@H]2CNC3)c(C)c1.Cl. The van der Waals surface area contributed by atoms with Gasteiger partial charge in [0.2, 0.25) is 11.8 Å². The highest BCUT2D eigenvalue weighted by Gasteiger charge is 2.49. The summed E-state index contributed by atoms with van der Waals surface area (Å²) in [6.45, 7) is 7.71. The number of anilines is 1. The Hall–Kier alpha value is -1.59. The summed E-state index contributed by atoms with van der Waals surface area (Å²) in [6.07, 6.45) is 4.33. The van der Waals surface area contributed by atoms with Gasteiger partial charge in [0.15, 0.2) is 0 Å². The van der Waals surface area contributed by atoms with Gasteiger partial charge in [-0.15, -0.1) is 12.4 Å². The summed E-state index contributed by atoms with van der Waals surface area (Å²) < 4.78 is 0. The van der Waals surface area contributed by atoms with Crippen molar-refractivity contribution in [2.45, 2.75) is 46.5 Å². The third-order valence-electron chi connectivity index (χ3n) is 5.84. The third kappa shape index (κ3) is 4.04. The molecule has 0 aromatic heterocycles. The van der Waals surface area contributed by atoms with Crippen LogP contribution in [0.5, 0.6) is 0 Å². The summed E-state index contributed by atoms with van der Waals surface area (Å²) in [7, 11) is 0. The molecule has 3 N–H and O–H groups in total. The molecule has 1 aliphatic carbocycles. The smallest absolute Gasteiger partial charge is 0.243 e. The molecule has 3 rings (SSSR count). The van der Waals surface area contributed by atoms with Gasteiger partial charge >= 0.3 is 0 Å². The molecule has 144 valence electrons. The largest absolute Gasteiger partial charge is 0.346 e. The van der Waals surface area contributed by atoms with Crippen molar-refractivity contribution in [1.29, 1.82) is 0 Å². The molecule has 2 fully saturated rings. The molecule has 1 aromatic rings. The summed E-state index contributed by atoms with van der Waals surface area (Å²) in [5, 5.41) is 9.22. The first-order valence-electron chi connectivity index (χ1n) is 9.29. The zero-order valence-corrected chi connectivity index (χ0v) is 16.7. The van der Waals surface area contributed by atoms with E-state index in [2.05, 4.69) is 28.1 Å². The number of carbonyl (C=O) groups is 2. The lowest BCUT2D eigenvalue weighted by atomic mass is 9.67. The molecular formula is C20H30ClN3O2. The lowest BCUT2D eigenvalue weighted by molar-refractivity contribution is -0.135. The first-order valence-corrected chi connectivity index (χ1v) is 9.29. The summed E-state index contributed by atoms with van der Waals surface area (Å²) in [6, 6.07) is 4.11. The molecule has 1 aliphatic heterocycles. The van der Waals surface area contributed by atoms with Crippen LogP contribution < -0.4 is 16.0 Å². The first kappa shape index (κ1) is 20.7. The van der Waals surface area contributed by atoms with Gasteiger partial charge in [0.25, 0.3) is 0 Å². The van der Waals surface area contributed by atoms with E-state index in [4.69, 9.17) is 0 Å². The summed E-state index contributed by atoms with van der Waals surface area (Å²) in [5.74, 6) is 0.277. The number of aryl methyl sites for hydroxylation is 3. The molecule has 0 spiro atoms. The maximum absolute atomic E-state index is 12.8. The maximum Gasteiger partial charge on any atom is 0.243 e. The molecule has 5 nitrogen and oxygen atoms in total. The first-order chi connectivity index (χ1) is 11.9. The highest BCUT2D eigenvalue weighted by atomic mass is 35.5. The summed E-state index contributed by atoms with van der Waals surface area (Å²) in [4.78, 5) is 25.1. The van der Waals surface area contributed by atoms with Crippen LogP contribution in [0.1, 0.15) is 42.4 Å². The fourth-order valence-corrected chi connectivity index (χ4v) is 4.59. The number of hydrogen-bond donors (Lipinski definition) is 3. The fourth-order valence-electron chi connectivity index (χ4n) is 4.59. The van der Waals surface area contributed by atoms with Crippen LogP contribution in [-0.4, -0.2) is 31.4 Å². The number of rotatable bonds is 4. The Morgan fingerprint density at radius 3 is 2.58 bits per heavy atom. The van der Waals surface area contributed by atoms with Crippen molar-refractivity contribution in [1.82, 2.24) is 10.6 Å². The zero-order chi connectivity index (χ0) is 18.0. The second-order valence-corrected chi connectivity index (χ2v) is 7.73. The van der Waals surface area contributed by atoms with Gasteiger partial charge in [-0.25, -0.2) is 0 Å². The second-order valence-electron chi connectivity index (χ2n) is 7.73. The maximum atomic E-state index is 12.8. The van der Waals surface area contributed by atoms with Crippen molar-refractivity contribution in [3.05, 3.63) is 28.8 Å². The van der Waals surface area contributed by atoms with E-state index in [1.54, 1.807) is 0 Å². The molecule has 2 aliphatic rings. The minimum atomic E-state index is -0.311. The van der Waals surface area contributed by atoms with Crippen molar-refractivity contribution < 1.29 is 9.59 Å². The van der Waals surface area contributed by atoms with Gasteiger partial charge in [-0.1, -0.05) is 30.5 Å². The number of fused-ring (bicyclic) bond motifs is 1. The predicted octanol–water partition coefficient (Wildman–Crippen LogP) is 2.87. The van der Waals surface area contributed by atoms with Gasteiger partial charge in [-0.2, -0.15) is 0 Å². The van der Waals surface area contributed by atoms with Gasteiger partial charge in [-0.3, -0.25) is 9.59 Å². The van der Waals surface area contributed by atoms with Crippen LogP contribution in [0.15, 0.2) is 12.1 Å². The Balaban J connectivity index is 0.00000243. The predicted molar refractivity (Wildman–Crippen MR) is 107 cm³/mol. The highest BCUT2D eigenvalue weighted by molar-refractivity contribution is 5.96. The molecule has 1 heterocycles. The molecule has 26 heavy (non-hydrogen) atoms. The quantitative estimate of drug-likeness (QED) is 0.753. The molecule has 0 radical (unpaired) electrons. The Morgan fingerprint density at radius 2 is 1.88 bits per heavy atom. The van der Waals surface area contributed by atoms with E-state index in [0.29, 0.717) is 5.92 Å². The van der Waals surface area contributed by atoms with E-state index < -0.39 is 0 Å². The van der Waals surface area contributed by atoms with E-state index in [1.165, 1.54) is 12.0 Å². The van der Waals surface area contributed by atoms with Gasteiger partial charge in [0, 0.05) is 12.2 Å². The van der Waals surface area contributed by atoms with E-state index in [-0.39, 0.29) is 36.2 Å². The molecule has 1 saturated heterocycles. The van der Waals surface area contributed by atoms with Gasteiger partial charge < -0.3 is 16.0 Å². The van der Waals surface area contributed by atoms with Crippen molar-refractivity contribution in [3.8, 4) is 0 Å². The Bertz CT molecular complexity index is 669. The topological polar surface area (TPSA) is 70.2 Å². The number of benzene rings is 1. The van der Waals surface area contributed by atoms with Crippen LogP contribution >= 0.6 is 12.4 Å². The number of halogens is 1. The Labute approximate surface area is 162 Å². The van der Waals surface area contributed by atoms with Gasteiger partial charge in [-0.05, 0) is 57.2 Å². The van der Waals surface area contributed by atoms with Crippen LogP contribution in [0.25, 0.3) is 0 Å². The van der Waals surface area contributed by atoms with Crippen molar-refractivity contribution >= 4 is 29.9 Å². The molecule has 2 amide bonds. The van der Waals surface area contributed by atoms with Crippen LogP contribution in [0.4, 0.5) is 5.69 Å². The fraction of sp³-hybridized carbons (Fsp3) is 0.600. The van der Waals surface area contributed by atoms with E-state index >= 15 is 0 Å². The molecule has 1 saturated carbocycles. The lowest BCUT2D eigenvalue weighted by Crippen LogP contribution is -2.49. The standard InChI is InChI=1S/C20H29N3O2.ClH/c1-13-8-14(2)18(15(3)9-13)23-17(24)11-22-19(25)20-7-5-4-6-16(20)10-21-12-20;/h8-9,16,21H,4-7,10-12H2,1-3H3,(H,22,25)(H,23,24);1H/t16-,20+;/m0./s1. The molecule has 6 heteroatoms. The van der Waals surface area contributed by atoms with Crippen LogP contribution in [-0.2, 0) is 9.59 Å². The van der Waals surface area contributed by atoms with E-state index in [9.17, 15) is 9.59 Å². The van der Waals surface area contributed by atoms with Crippen molar-refractivity contribution in [2.75, 3.05) is 25.0 Å². The minimum absolute atomic E-state index is 0. The third-order valence-corrected chi connectivity index (χ3v) is 5.84. The van der Waals surface area contributed by atoms with Crippen LogP contribution in [0.3, 0.4) is 0 Å². The average Bonchev–Trinajstić information content (AvgIpc) is 3.01. The number of nitrogens with one attached hydrogen (secondary N) is 3. The summed E-state index contributed by atoms with van der Waals surface area (Å²) >= 11 is 0. The Morgan fingerprint density at radius 1 is 1.19 bits per heavy atom. The number of carbonyl (C=O) groups excluding carboxylic acids is 2. The van der Waals surface area contributed by atoms with Crippen LogP contribution in [0.2, 0.25) is 0 Å². The normalized spacial score (nSPS) is 24.3. The Kier molecular flexibility index (Phi) is 6.69. The minimum Gasteiger partial charge on any atom is -0.346 e. The molecule has 1 aromatic carbocycles. The lowest BCUT2D eigenvalue weighted by Gasteiger charge is -2.37. The zero-order valence-electron chi connectivity index (χ0n) is 15.9. The van der Waals surface area contributed by atoms with Gasteiger partial charge in [0.1, 0.15) is 0 Å². The number of hydrogen-bond acceptors (Lipinski definition) is 3. The van der Waals surface area contributed by atoms with Crippen molar-refractivity contribution in [3.63, 3.8) is 0 Å². The summed E-state index contributed by atoms with van der Waals surface area (Å²) in [5.41, 5.74) is 3.80. The molecule has 0 unspecified atom stereocenters. The van der Waals surface area contributed by atoms with E-state index in [0.717, 1.165) is 49.2 Å². The monoisotopic (exact) mass is 379 g/mol. The average molecular weight is 380 g/mol. The molecular weight excluding hydrogens is 350 g/mol. The number of amides is 2. The van der Waals surface area contributed by atoms with Gasteiger partial charge in [0.05, 0.1) is 12.0 Å². The highest BCUT2D eigenvalue weighted by Crippen LogP contribution is 2.43. The van der Waals surface area contributed by atoms with Crippen LogP contribution in [0, 0.1) is 32.1 Å².